The second-order valence-electron chi connectivity index (χ2n) is 5.62. The smallest absolute Gasteiger partial charge is 0.271 e. The number of rotatable bonds is 5. The minimum Gasteiger partial charge on any atom is -0.337 e. The zero-order valence-corrected chi connectivity index (χ0v) is 16.1. The second-order valence-corrected chi connectivity index (χ2v) is 8.42. The molecule has 0 bridgehead atoms. The van der Waals surface area contributed by atoms with Crippen LogP contribution in [0.1, 0.15) is 15.9 Å². The van der Waals surface area contributed by atoms with Gasteiger partial charge in [-0.2, -0.15) is 0 Å². The Labute approximate surface area is 160 Å². The van der Waals surface area contributed by atoms with Crippen LogP contribution < -0.4 is 0 Å². The molecular weight excluding hydrogens is 403 g/mol. The lowest BCUT2D eigenvalue weighted by Crippen LogP contribution is -2.26. The maximum Gasteiger partial charge on any atom is 0.271 e. The molecule has 0 aromatic heterocycles. The van der Waals surface area contributed by atoms with Crippen molar-refractivity contribution in [3.63, 3.8) is 0 Å². The fraction of sp³-hybridized carbons (Fsp3) is 0.188. The van der Waals surface area contributed by atoms with E-state index in [2.05, 4.69) is 0 Å². The number of non-ortho nitro benzene ring substituents is 1. The van der Waals surface area contributed by atoms with Crippen LogP contribution in [0.5, 0.6) is 0 Å². The molecule has 0 heterocycles. The van der Waals surface area contributed by atoms with Gasteiger partial charge in [0.1, 0.15) is 0 Å². The van der Waals surface area contributed by atoms with Gasteiger partial charge < -0.3 is 4.90 Å². The van der Waals surface area contributed by atoms with E-state index >= 15 is 0 Å². The van der Waals surface area contributed by atoms with Gasteiger partial charge in [0, 0.05) is 37.5 Å². The van der Waals surface area contributed by atoms with Gasteiger partial charge in [0.05, 0.1) is 19.9 Å². The Morgan fingerprint density at radius 3 is 2.46 bits per heavy atom. The third-order valence-electron chi connectivity index (χ3n) is 3.56. The second kappa shape index (κ2) is 7.61. The summed E-state index contributed by atoms with van der Waals surface area (Å²) >= 11 is 12.0. The molecule has 2 aromatic carbocycles. The number of carbonyl (C=O) groups is 1. The number of hydrogen-bond donors (Lipinski definition) is 0. The summed E-state index contributed by atoms with van der Waals surface area (Å²) in [4.78, 5) is 23.9. The molecule has 0 N–H and O–H groups in total. The van der Waals surface area contributed by atoms with Crippen molar-refractivity contribution < 1.29 is 18.1 Å². The van der Waals surface area contributed by atoms with Gasteiger partial charge in [0.2, 0.25) is 0 Å². The van der Waals surface area contributed by atoms with Crippen molar-refractivity contribution in [2.45, 2.75) is 11.4 Å². The number of benzene rings is 2. The van der Waals surface area contributed by atoms with E-state index in [-0.39, 0.29) is 17.0 Å². The molecule has 2 rings (SSSR count). The van der Waals surface area contributed by atoms with Gasteiger partial charge >= 0.3 is 0 Å². The SMILES string of the molecule is CN(Cc1cccc(Cl)c1Cl)C(=O)c1cc([N+](=O)[O-])cc(S(C)(=O)=O)c1. The first kappa shape index (κ1) is 20.2. The third-order valence-corrected chi connectivity index (χ3v) is 5.51. The summed E-state index contributed by atoms with van der Waals surface area (Å²) in [5, 5.41) is 11.7. The molecule has 10 heteroatoms. The van der Waals surface area contributed by atoms with Gasteiger partial charge in [-0.25, -0.2) is 8.42 Å². The van der Waals surface area contributed by atoms with Gasteiger partial charge in [0.15, 0.2) is 9.84 Å². The van der Waals surface area contributed by atoms with Crippen LogP contribution in [0.4, 0.5) is 5.69 Å². The van der Waals surface area contributed by atoms with Gasteiger partial charge in [-0.15, -0.1) is 0 Å². The van der Waals surface area contributed by atoms with Gasteiger partial charge in [0.25, 0.3) is 11.6 Å². The number of halogens is 2. The molecule has 7 nitrogen and oxygen atoms in total. The Morgan fingerprint density at radius 2 is 1.88 bits per heavy atom. The van der Waals surface area contributed by atoms with Crippen LogP contribution in [-0.4, -0.2) is 37.5 Å². The van der Waals surface area contributed by atoms with Crippen LogP contribution in [0.15, 0.2) is 41.3 Å². The minimum absolute atomic E-state index is 0.0924. The van der Waals surface area contributed by atoms with E-state index < -0.39 is 26.4 Å². The predicted octanol–water partition coefficient (Wildman–Crippen LogP) is 3.58. The highest BCUT2D eigenvalue weighted by atomic mass is 35.5. The molecule has 0 radical (unpaired) electrons. The number of carbonyl (C=O) groups excluding carboxylic acids is 1. The van der Waals surface area contributed by atoms with Crippen molar-refractivity contribution in [1.29, 1.82) is 0 Å². The van der Waals surface area contributed by atoms with Gasteiger partial charge in [-0.05, 0) is 17.7 Å². The lowest BCUT2D eigenvalue weighted by atomic mass is 10.1. The summed E-state index contributed by atoms with van der Waals surface area (Å²) in [6.07, 6.45) is 0.912. The molecule has 0 atom stereocenters. The lowest BCUT2D eigenvalue weighted by Gasteiger charge is -2.18. The van der Waals surface area contributed by atoms with Crippen LogP contribution in [0, 0.1) is 10.1 Å². The zero-order valence-electron chi connectivity index (χ0n) is 13.8. The highest BCUT2D eigenvalue weighted by Crippen LogP contribution is 2.27. The maximum absolute atomic E-state index is 12.6. The highest BCUT2D eigenvalue weighted by molar-refractivity contribution is 7.90. The Morgan fingerprint density at radius 1 is 1.23 bits per heavy atom. The molecule has 0 saturated carbocycles. The largest absolute Gasteiger partial charge is 0.337 e. The fourth-order valence-electron chi connectivity index (χ4n) is 2.24. The number of sulfone groups is 1. The summed E-state index contributed by atoms with van der Waals surface area (Å²) in [5.74, 6) is -0.588. The Bertz CT molecular complexity index is 992. The monoisotopic (exact) mass is 416 g/mol. The van der Waals surface area contributed by atoms with Crippen molar-refractivity contribution in [2.75, 3.05) is 13.3 Å². The van der Waals surface area contributed by atoms with Crippen LogP contribution in [0.2, 0.25) is 10.0 Å². The molecular formula is C16H14Cl2N2O5S. The molecule has 2 aromatic rings. The average Bonchev–Trinajstić information content (AvgIpc) is 2.57. The molecule has 0 aliphatic rings. The summed E-state index contributed by atoms with van der Waals surface area (Å²) in [6, 6.07) is 8.03. The normalized spacial score (nSPS) is 11.2. The maximum atomic E-state index is 12.6. The quantitative estimate of drug-likeness (QED) is 0.547. The zero-order chi connectivity index (χ0) is 19.6. The van der Waals surface area contributed by atoms with E-state index in [0.29, 0.717) is 15.6 Å². The van der Waals surface area contributed by atoms with E-state index in [1.807, 2.05) is 0 Å². The summed E-state index contributed by atoms with van der Waals surface area (Å²) in [7, 11) is -2.25. The Balaban J connectivity index is 2.40. The Hall–Kier alpha value is -2.16. The van der Waals surface area contributed by atoms with E-state index in [4.69, 9.17) is 23.2 Å². The number of nitrogens with zero attached hydrogens (tertiary/aromatic N) is 2. The van der Waals surface area contributed by atoms with E-state index in [1.54, 1.807) is 18.2 Å². The first-order valence-corrected chi connectivity index (χ1v) is 9.83. The summed E-state index contributed by atoms with van der Waals surface area (Å²) in [5.41, 5.74) is -0.00507. The van der Waals surface area contributed by atoms with Gasteiger partial charge in [-0.3, -0.25) is 14.9 Å². The van der Waals surface area contributed by atoms with E-state index in [9.17, 15) is 23.3 Å². The molecule has 0 saturated heterocycles. The predicted molar refractivity (Wildman–Crippen MR) is 98.5 cm³/mol. The molecule has 0 aliphatic carbocycles. The molecule has 1 amide bonds. The number of amides is 1. The van der Waals surface area contributed by atoms with E-state index in [0.717, 1.165) is 24.5 Å². The minimum atomic E-state index is -3.73. The van der Waals surface area contributed by atoms with E-state index in [1.165, 1.54) is 11.9 Å². The molecule has 0 spiro atoms. The fourth-order valence-corrected chi connectivity index (χ4v) is 3.30. The summed E-state index contributed by atoms with van der Waals surface area (Å²) in [6.45, 7) is 0.0924. The number of nitro groups is 1. The molecule has 138 valence electrons. The summed E-state index contributed by atoms with van der Waals surface area (Å²) < 4.78 is 23.5. The van der Waals surface area contributed by atoms with Gasteiger partial charge in [-0.1, -0.05) is 35.3 Å². The van der Waals surface area contributed by atoms with Crippen molar-refractivity contribution in [3.05, 3.63) is 67.7 Å². The van der Waals surface area contributed by atoms with Crippen molar-refractivity contribution in [2.24, 2.45) is 0 Å². The first-order chi connectivity index (χ1) is 12.0. The molecule has 0 aliphatic heterocycles. The molecule has 26 heavy (non-hydrogen) atoms. The van der Waals surface area contributed by atoms with Crippen molar-refractivity contribution in [1.82, 2.24) is 4.90 Å². The molecule has 0 fully saturated rings. The van der Waals surface area contributed by atoms with Crippen molar-refractivity contribution >= 4 is 44.6 Å². The number of nitro benzene ring substituents is 1. The van der Waals surface area contributed by atoms with Crippen molar-refractivity contribution in [3.8, 4) is 0 Å². The van der Waals surface area contributed by atoms with Crippen LogP contribution in [0.25, 0.3) is 0 Å². The first-order valence-electron chi connectivity index (χ1n) is 7.18. The molecule has 0 unspecified atom stereocenters. The third kappa shape index (κ3) is 4.51. The van der Waals surface area contributed by atoms with Crippen LogP contribution >= 0.6 is 23.2 Å². The highest BCUT2D eigenvalue weighted by Gasteiger charge is 2.21. The lowest BCUT2D eigenvalue weighted by molar-refractivity contribution is -0.385. The standard InChI is InChI=1S/C16H14Cl2N2O5S/c1-19(9-10-4-3-5-14(17)15(10)18)16(21)11-6-12(20(22)23)8-13(7-11)26(2,24)25/h3-8H,9H2,1-2H3. The topological polar surface area (TPSA) is 97.6 Å². The number of hydrogen-bond acceptors (Lipinski definition) is 5. The average molecular weight is 417 g/mol. The van der Waals surface area contributed by atoms with Crippen LogP contribution in [-0.2, 0) is 16.4 Å². The van der Waals surface area contributed by atoms with Crippen LogP contribution in [0.3, 0.4) is 0 Å². The Kier molecular flexibility index (Phi) is 5.90.